The van der Waals surface area contributed by atoms with E-state index in [0.717, 1.165) is 0 Å². The molecule has 0 aliphatic heterocycles. The van der Waals surface area contributed by atoms with E-state index in [1.165, 1.54) is 0 Å². The summed E-state index contributed by atoms with van der Waals surface area (Å²) < 4.78 is 0. The van der Waals surface area contributed by atoms with Crippen LogP contribution in [0.3, 0.4) is 0 Å². The first-order chi connectivity index (χ1) is 5.40. The number of thiocarbonyl (C=S) groups is 1. The fraction of sp³-hybridized carbons (Fsp3) is 0.250. The predicted molar refractivity (Wildman–Crippen MR) is 42.9 cm³/mol. The highest BCUT2D eigenvalue weighted by Crippen LogP contribution is 1.68. The van der Waals surface area contributed by atoms with E-state index < -0.39 is 6.16 Å². The van der Waals surface area contributed by atoms with Crippen LogP contribution >= 0.6 is 12.2 Å². The molecule has 5 N–H and O–H groups in total. The predicted octanol–water partition coefficient (Wildman–Crippen LogP) is -3.68. The molecular formula is C4H8N4O3S-2. The summed E-state index contributed by atoms with van der Waals surface area (Å²) in [5.41, 5.74) is 9.94. The monoisotopic (exact) mass is 192 g/mol. The fourth-order valence-corrected chi connectivity index (χ4v) is 0.279. The Morgan fingerprint density at radius 3 is 1.92 bits per heavy atom. The summed E-state index contributed by atoms with van der Waals surface area (Å²) in [5, 5.41) is 19.5. The van der Waals surface area contributed by atoms with E-state index in [9.17, 15) is 0 Å². The number of hydrogen-bond donors (Lipinski definition) is 3. The van der Waals surface area contributed by atoms with Crippen LogP contribution in [0, 0.1) is 0 Å². The Labute approximate surface area is 74.1 Å². The Balaban J connectivity index is 0. The highest BCUT2D eigenvalue weighted by molar-refractivity contribution is 7.80. The molecule has 0 aliphatic rings. The normalized spacial score (nSPS) is 7.08. The summed E-state index contributed by atoms with van der Waals surface area (Å²) in [5.74, 6) is -0.0237. The van der Waals surface area contributed by atoms with Crippen molar-refractivity contribution in [3.8, 4) is 0 Å². The number of hydrogen-bond acceptors (Lipinski definition) is 4. The van der Waals surface area contributed by atoms with Crippen molar-refractivity contribution in [1.29, 1.82) is 0 Å². The SMILES string of the molecule is CNC(=S)N=C(N)N.O=C([O-])[O-]. The van der Waals surface area contributed by atoms with Gasteiger partial charge in [-0.25, -0.2) is 0 Å². The van der Waals surface area contributed by atoms with E-state index in [2.05, 4.69) is 22.5 Å². The highest BCUT2D eigenvalue weighted by atomic mass is 32.1. The van der Waals surface area contributed by atoms with Crippen molar-refractivity contribution in [3.05, 3.63) is 0 Å². The van der Waals surface area contributed by atoms with Gasteiger partial charge in [0.2, 0.25) is 0 Å². The molecule has 0 heterocycles. The Hall–Kier alpha value is -1.57. The molecule has 0 saturated heterocycles. The third kappa shape index (κ3) is 23.7. The number of nitrogens with two attached hydrogens (primary N) is 2. The first kappa shape index (κ1) is 13.1. The summed E-state index contributed by atoms with van der Waals surface area (Å²) in [6.07, 6.45) is -2.33. The van der Waals surface area contributed by atoms with E-state index >= 15 is 0 Å². The van der Waals surface area contributed by atoms with Gasteiger partial charge < -0.3 is 31.8 Å². The summed E-state index contributed by atoms with van der Waals surface area (Å²) in [4.78, 5) is 11.8. The number of carboxylic acid groups (broad SMARTS) is 2. The van der Waals surface area contributed by atoms with Crippen LogP contribution in [-0.2, 0) is 0 Å². The Morgan fingerprint density at radius 1 is 1.50 bits per heavy atom. The summed E-state index contributed by atoms with van der Waals surface area (Å²) in [6.45, 7) is 0. The van der Waals surface area contributed by atoms with Gasteiger partial charge in [0.1, 0.15) is 0 Å². The molecular weight excluding hydrogens is 184 g/mol. The maximum Gasteiger partial charge on any atom is 0.195 e. The molecule has 8 heteroatoms. The van der Waals surface area contributed by atoms with Gasteiger partial charge in [-0.3, -0.25) is 0 Å². The molecule has 7 nitrogen and oxygen atoms in total. The van der Waals surface area contributed by atoms with Crippen molar-refractivity contribution in [3.63, 3.8) is 0 Å². The highest BCUT2D eigenvalue weighted by Gasteiger charge is 1.83. The van der Waals surface area contributed by atoms with Gasteiger partial charge >= 0.3 is 0 Å². The van der Waals surface area contributed by atoms with E-state index in [0.29, 0.717) is 5.11 Å². The van der Waals surface area contributed by atoms with Crippen molar-refractivity contribution >= 4 is 29.4 Å². The third-order valence-corrected chi connectivity index (χ3v) is 0.740. The molecule has 0 atom stereocenters. The van der Waals surface area contributed by atoms with E-state index in [-0.39, 0.29) is 5.96 Å². The zero-order valence-electron chi connectivity index (χ0n) is 6.23. The van der Waals surface area contributed by atoms with Gasteiger partial charge in [0.15, 0.2) is 11.1 Å². The lowest BCUT2D eigenvalue weighted by Crippen LogP contribution is -2.37. The molecule has 0 radical (unpaired) electrons. The van der Waals surface area contributed by atoms with Crippen LogP contribution < -0.4 is 27.0 Å². The summed E-state index contributed by atoms with van der Waals surface area (Å²) >= 11 is 4.57. The van der Waals surface area contributed by atoms with Crippen LogP contribution in [0.1, 0.15) is 0 Å². The smallest absolute Gasteiger partial charge is 0.195 e. The lowest BCUT2D eigenvalue weighted by atomic mass is 11.0. The summed E-state index contributed by atoms with van der Waals surface area (Å²) in [6, 6.07) is 0. The lowest BCUT2D eigenvalue weighted by molar-refractivity contribution is -0.415. The molecule has 0 aromatic carbocycles. The minimum absolute atomic E-state index is 0.0237. The average molecular weight is 192 g/mol. The standard InChI is InChI=1S/C3H8N4S.CH2O3/c1-6-3(8)7-2(4)5;2-1(3)4/h1H3,(H5,4,5,6,7,8);(H2,2,3,4)/p-2. The molecule has 0 fully saturated rings. The maximum atomic E-state index is 8.33. The molecule has 0 aromatic rings. The number of carbonyl (C=O) groups is 1. The van der Waals surface area contributed by atoms with Crippen molar-refractivity contribution in [1.82, 2.24) is 5.32 Å². The van der Waals surface area contributed by atoms with Crippen molar-refractivity contribution in [2.75, 3.05) is 7.05 Å². The number of carbonyl (C=O) groups excluding carboxylic acids is 1. The minimum Gasteiger partial charge on any atom is -0.652 e. The van der Waals surface area contributed by atoms with Gasteiger partial charge in [-0.15, -0.1) is 0 Å². The first-order valence-corrected chi connectivity index (χ1v) is 3.00. The van der Waals surface area contributed by atoms with Crippen molar-refractivity contribution < 1.29 is 15.0 Å². The molecule has 0 amide bonds. The number of nitrogens with zero attached hydrogens (tertiary/aromatic N) is 1. The molecule has 12 heavy (non-hydrogen) atoms. The number of guanidine groups is 1. The van der Waals surface area contributed by atoms with Crippen LogP contribution in [0.5, 0.6) is 0 Å². The van der Waals surface area contributed by atoms with Crippen LogP contribution in [-0.4, -0.2) is 24.3 Å². The van der Waals surface area contributed by atoms with E-state index in [4.69, 9.17) is 26.5 Å². The molecule has 0 saturated carbocycles. The van der Waals surface area contributed by atoms with Gasteiger partial charge in [0, 0.05) is 7.05 Å². The zero-order chi connectivity index (χ0) is 10.1. The molecule has 0 bridgehead atoms. The summed E-state index contributed by atoms with van der Waals surface area (Å²) in [7, 11) is 1.65. The van der Waals surface area contributed by atoms with Gasteiger partial charge in [0.05, 0.1) is 0 Å². The molecule has 0 rings (SSSR count). The quantitative estimate of drug-likeness (QED) is 0.204. The fourth-order valence-electron chi connectivity index (χ4n) is 0.173. The molecule has 0 unspecified atom stereocenters. The lowest BCUT2D eigenvalue weighted by Gasteiger charge is -1.96. The van der Waals surface area contributed by atoms with E-state index in [1.807, 2.05) is 0 Å². The molecule has 70 valence electrons. The Morgan fingerprint density at radius 2 is 1.83 bits per heavy atom. The van der Waals surface area contributed by atoms with Crippen molar-refractivity contribution in [2.45, 2.75) is 0 Å². The molecule has 0 aromatic heterocycles. The second-order valence-electron chi connectivity index (χ2n) is 1.34. The zero-order valence-corrected chi connectivity index (χ0v) is 7.05. The largest absolute Gasteiger partial charge is 0.652 e. The topological polar surface area (TPSA) is 140 Å². The Kier molecular flexibility index (Phi) is 8.20. The van der Waals surface area contributed by atoms with Gasteiger partial charge in [-0.1, -0.05) is 0 Å². The second-order valence-corrected chi connectivity index (χ2v) is 1.73. The van der Waals surface area contributed by atoms with Gasteiger partial charge in [-0.2, -0.15) is 4.99 Å². The molecule has 0 aliphatic carbocycles. The van der Waals surface area contributed by atoms with Crippen molar-refractivity contribution in [2.24, 2.45) is 16.5 Å². The average Bonchev–Trinajstić information content (AvgIpc) is 1.84. The van der Waals surface area contributed by atoms with Gasteiger partial charge in [-0.05, 0) is 18.4 Å². The molecule has 0 spiro atoms. The van der Waals surface area contributed by atoms with Crippen LogP contribution in [0.4, 0.5) is 4.79 Å². The van der Waals surface area contributed by atoms with Crippen LogP contribution in [0.25, 0.3) is 0 Å². The first-order valence-electron chi connectivity index (χ1n) is 2.59. The maximum absolute atomic E-state index is 8.33. The number of aliphatic imine (C=N–C) groups is 1. The second kappa shape index (κ2) is 7.54. The Bertz CT molecular complexity index is 185. The minimum atomic E-state index is -2.33. The number of nitrogens with one attached hydrogen (secondary N) is 1. The van der Waals surface area contributed by atoms with Crippen LogP contribution in [0.15, 0.2) is 4.99 Å². The third-order valence-electron chi connectivity index (χ3n) is 0.445. The van der Waals surface area contributed by atoms with E-state index in [1.54, 1.807) is 7.05 Å². The van der Waals surface area contributed by atoms with Crippen LogP contribution in [0.2, 0.25) is 0 Å². The number of rotatable bonds is 0. The van der Waals surface area contributed by atoms with Gasteiger partial charge in [0.25, 0.3) is 0 Å².